The molecule has 1 N–H and O–H groups in total. The number of anilines is 1. The highest BCUT2D eigenvalue weighted by Crippen LogP contribution is 2.27. The Morgan fingerprint density at radius 1 is 1.06 bits per heavy atom. The molecular weight excluding hydrogens is 469 g/mol. The van der Waals surface area contributed by atoms with Crippen molar-refractivity contribution in [3.63, 3.8) is 0 Å². The van der Waals surface area contributed by atoms with Gasteiger partial charge in [0.05, 0.1) is 17.0 Å². The monoisotopic (exact) mass is 497 g/mol. The number of rotatable bonds is 10. The summed E-state index contributed by atoms with van der Waals surface area (Å²) in [5, 5.41) is 2.96. The highest BCUT2D eigenvalue weighted by atomic mass is 35.5. The first-order chi connectivity index (χ1) is 15.4. The lowest BCUT2D eigenvalue weighted by Gasteiger charge is -2.31. The van der Waals surface area contributed by atoms with Crippen molar-refractivity contribution in [2.75, 3.05) is 23.7 Å². The van der Waals surface area contributed by atoms with Crippen LogP contribution in [0.25, 0.3) is 0 Å². The minimum absolute atomic E-state index is 0.00446. The topological polar surface area (TPSA) is 86.8 Å². The Hall–Kier alpha value is -2.65. The molecule has 10 heteroatoms. The van der Waals surface area contributed by atoms with Crippen LogP contribution in [0.1, 0.15) is 26.3 Å². The largest absolute Gasteiger partial charge is 0.354 e. The van der Waals surface area contributed by atoms with Crippen molar-refractivity contribution in [3.05, 3.63) is 64.9 Å². The number of sulfonamides is 1. The molecule has 2 aromatic rings. The molecule has 0 aromatic heterocycles. The highest BCUT2D eigenvalue weighted by Gasteiger charge is 2.30. The van der Waals surface area contributed by atoms with E-state index in [1.807, 2.05) is 13.8 Å². The third kappa shape index (κ3) is 7.71. The van der Waals surface area contributed by atoms with Crippen LogP contribution in [0.3, 0.4) is 0 Å². The summed E-state index contributed by atoms with van der Waals surface area (Å²) in [5.74, 6) is -1.19. The third-order valence-corrected chi connectivity index (χ3v) is 6.36. The standard InChI is InChI=1S/C23H29ClFN3O4S/c1-16(2)13-26-23(30)17(3)27(14-18-9-11-19(25)12-10-18)22(29)15-28(33(4,31)32)21-8-6-5-7-20(21)24/h5-12,16-17H,13-15H2,1-4H3,(H,26,30). The van der Waals surface area contributed by atoms with Crippen molar-refractivity contribution in [2.24, 2.45) is 5.92 Å². The second kappa shape index (κ2) is 11.5. The number of para-hydroxylation sites is 1. The molecule has 0 saturated heterocycles. The molecule has 0 aliphatic heterocycles. The van der Waals surface area contributed by atoms with Crippen molar-refractivity contribution < 1.29 is 22.4 Å². The fraction of sp³-hybridized carbons (Fsp3) is 0.391. The summed E-state index contributed by atoms with van der Waals surface area (Å²) in [6.45, 7) is 5.33. The van der Waals surface area contributed by atoms with Gasteiger partial charge in [0.25, 0.3) is 0 Å². The highest BCUT2D eigenvalue weighted by molar-refractivity contribution is 7.92. The number of hydrogen-bond acceptors (Lipinski definition) is 4. The minimum atomic E-state index is -3.86. The SMILES string of the molecule is CC(C)CNC(=O)C(C)N(Cc1ccc(F)cc1)C(=O)CN(c1ccccc1Cl)S(C)(=O)=O. The maximum Gasteiger partial charge on any atom is 0.244 e. The van der Waals surface area contributed by atoms with E-state index in [0.29, 0.717) is 12.1 Å². The Balaban J connectivity index is 2.36. The van der Waals surface area contributed by atoms with Crippen LogP contribution in [0.2, 0.25) is 5.02 Å². The lowest BCUT2D eigenvalue weighted by molar-refractivity contribution is -0.139. The molecule has 1 atom stereocenters. The number of carbonyl (C=O) groups is 2. The summed E-state index contributed by atoms with van der Waals surface area (Å²) in [7, 11) is -3.86. The van der Waals surface area contributed by atoms with Crippen LogP contribution in [-0.2, 0) is 26.2 Å². The molecule has 2 amide bonds. The van der Waals surface area contributed by atoms with Gasteiger partial charge in [-0.25, -0.2) is 12.8 Å². The summed E-state index contributed by atoms with van der Waals surface area (Å²) in [4.78, 5) is 27.4. The summed E-state index contributed by atoms with van der Waals surface area (Å²) >= 11 is 6.19. The summed E-state index contributed by atoms with van der Waals surface area (Å²) in [5.41, 5.74) is 0.755. The van der Waals surface area contributed by atoms with Gasteiger partial charge in [-0.3, -0.25) is 13.9 Å². The van der Waals surface area contributed by atoms with Crippen molar-refractivity contribution in [2.45, 2.75) is 33.4 Å². The third-order valence-electron chi connectivity index (χ3n) is 4.92. The van der Waals surface area contributed by atoms with E-state index in [1.54, 1.807) is 19.1 Å². The van der Waals surface area contributed by atoms with Crippen molar-refractivity contribution in [3.8, 4) is 0 Å². The smallest absolute Gasteiger partial charge is 0.244 e. The van der Waals surface area contributed by atoms with Crippen LogP contribution in [0.4, 0.5) is 10.1 Å². The van der Waals surface area contributed by atoms with E-state index in [4.69, 9.17) is 11.6 Å². The fourth-order valence-corrected chi connectivity index (χ4v) is 4.22. The van der Waals surface area contributed by atoms with Crippen LogP contribution in [0, 0.1) is 11.7 Å². The van der Waals surface area contributed by atoms with Gasteiger partial charge in [-0.15, -0.1) is 0 Å². The number of benzene rings is 2. The summed E-state index contributed by atoms with van der Waals surface area (Å²) in [6, 6.07) is 10.9. The Labute approximate surface area is 199 Å². The Kier molecular flexibility index (Phi) is 9.25. The van der Waals surface area contributed by atoms with Gasteiger partial charge in [-0.1, -0.05) is 49.7 Å². The number of nitrogens with zero attached hydrogens (tertiary/aromatic N) is 2. The van der Waals surface area contributed by atoms with Gasteiger partial charge in [0.1, 0.15) is 18.4 Å². The van der Waals surface area contributed by atoms with E-state index in [-0.39, 0.29) is 29.1 Å². The number of halogens is 2. The molecule has 0 bridgehead atoms. The van der Waals surface area contributed by atoms with E-state index in [0.717, 1.165) is 10.6 Å². The molecule has 180 valence electrons. The van der Waals surface area contributed by atoms with Gasteiger partial charge in [-0.2, -0.15) is 0 Å². The molecule has 0 aliphatic rings. The van der Waals surface area contributed by atoms with Gasteiger partial charge >= 0.3 is 0 Å². The molecule has 7 nitrogen and oxygen atoms in total. The normalized spacial score (nSPS) is 12.3. The quantitative estimate of drug-likeness (QED) is 0.544. The predicted octanol–water partition coefficient (Wildman–Crippen LogP) is 3.43. The fourth-order valence-electron chi connectivity index (χ4n) is 3.07. The van der Waals surface area contributed by atoms with Crippen LogP contribution < -0.4 is 9.62 Å². The lowest BCUT2D eigenvalue weighted by atomic mass is 10.1. The van der Waals surface area contributed by atoms with Gasteiger partial charge in [-0.05, 0) is 42.7 Å². The average Bonchev–Trinajstić information content (AvgIpc) is 2.74. The van der Waals surface area contributed by atoms with E-state index in [1.165, 1.54) is 41.3 Å². The lowest BCUT2D eigenvalue weighted by Crippen LogP contribution is -2.51. The average molecular weight is 498 g/mol. The zero-order chi connectivity index (χ0) is 24.8. The molecule has 0 saturated carbocycles. The van der Waals surface area contributed by atoms with Crippen LogP contribution >= 0.6 is 11.6 Å². The van der Waals surface area contributed by atoms with Crippen LogP contribution in [-0.4, -0.2) is 50.5 Å². The minimum Gasteiger partial charge on any atom is -0.354 e. The van der Waals surface area contributed by atoms with Gasteiger partial charge < -0.3 is 10.2 Å². The first kappa shape index (κ1) is 26.6. The summed E-state index contributed by atoms with van der Waals surface area (Å²) in [6.07, 6.45) is 0.979. The van der Waals surface area contributed by atoms with Crippen molar-refractivity contribution in [1.29, 1.82) is 0 Å². The maximum absolute atomic E-state index is 13.4. The van der Waals surface area contributed by atoms with E-state index in [9.17, 15) is 22.4 Å². The number of amides is 2. The van der Waals surface area contributed by atoms with E-state index < -0.39 is 34.3 Å². The molecule has 2 rings (SSSR count). The van der Waals surface area contributed by atoms with Crippen molar-refractivity contribution >= 4 is 39.1 Å². The Morgan fingerprint density at radius 3 is 2.21 bits per heavy atom. The maximum atomic E-state index is 13.4. The van der Waals surface area contributed by atoms with E-state index in [2.05, 4.69) is 5.32 Å². The van der Waals surface area contributed by atoms with E-state index >= 15 is 0 Å². The van der Waals surface area contributed by atoms with Crippen LogP contribution in [0.5, 0.6) is 0 Å². The van der Waals surface area contributed by atoms with Crippen molar-refractivity contribution in [1.82, 2.24) is 10.2 Å². The van der Waals surface area contributed by atoms with Gasteiger partial charge in [0.2, 0.25) is 21.8 Å². The first-order valence-corrected chi connectivity index (χ1v) is 12.7. The molecule has 0 radical (unpaired) electrons. The molecule has 0 fully saturated rings. The van der Waals surface area contributed by atoms with Gasteiger partial charge in [0, 0.05) is 13.1 Å². The van der Waals surface area contributed by atoms with Crippen LogP contribution in [0.15, 0.2) is 48.5 Å². The number of hydrogen-bond donors (Lipinski definition) is 1. The first-order valence-electron chi connectivity index (χ1n) is 10.4. The molecule has 0 heterocycles. The molecule has 2 aromatic carbocycles. The molecular formula is C23H29ClFN3O4S. The second-order valence-electron chi connectivity index (χ2n) is 8.18. The molecule has 0 aliphatic carbocycles. The summed E-state index contributed by atoms with van der Waals surface area (Å²) < 4.78 is 39.2. The molecule has 0 spiro atoms. The van der Waals surface area contributed by atoms with Gasteiger partial charge in [0.15, 0.2) is 0 Å². The molecule has 33 heavy (non-hydrogen) atoms. The number of nitrogens with one attached hydrogen (secondary N) is 1. The molecule has 1 unspecified atom stereocenters. The Bertz CT molecular complexity index is 1080. The second-order valence-corrected chi connectivity index (χ2v) is 10.5. The zero-order valence-electron chi connectivity index (χ0n) is 19.1. The Morgan fingerprint density at radius 2 is 1.67 bits per heavy atom. The number of carbonyl (C=O) groups excluding carboxylic acids is 2. The predicted molar refractivity (Wildman–Crippen MR) is 128 cm³/mol. The zero-order valence-corrected chi connectivity index (χ0v) is 20.7.